The Hall–Kier alpha value is -3.23. The van der Waals surface area contributed by atoms with Crippen molar-refractivity contribution in [1.82, 2.24) is 5.32 Å². The van der Waals surface area contributed by atoms with E-state index in [0.29, 0.717) is 30.0 Å². The number of carbonyl (C=O) groups is 3. The van der Waals surface area contributed by atoms with Crippen molar-refractivity contribution in [1.29, 1.82) is 0 Å². The van der Waals surface area contributed by atoms with E-state index >= 15 is 0 Å². The third-order valence-corrected chi connectivity index (χ3v) is 5.76. The van der Waals surface area contributed by atoms with E-state index in [9.17, 15) is 14.4 Å². The van der Waals surface area contributed by atoms with E-state index in [1.165, 1.54) is 7.11 Å². The van der Waals surface area contributed by atoms with Gasteiger partial charge in [0, 0.05) is 19.2 Å². The van der Waals surface area contributed by atoms with E-state index in [4.69, 9.17) is 10.5 Å². The number of nitrogens with one attached hydrogen (secondary N) is 2. The van der Waals surface area contributed by atoms with Gasteiger partial charge < -0.3 is 26.0 Å². The van der Waals surface area contributed by atoms with Crippen molar-refractivity contribution in [3.8, 4) is 0 Å². The second-order valence-corrected chi connectivity index (χ2v) is 9.16. The summed E-state index contributed by atoms with van der Waals surface area (Å²) in [5.74, 6) is -0.790. The van der Waals surface area contributed by atoms with Gasteiger partial charge in [-0.1, -0.05) is 43.7 Å². The molecule has 8 heteroatoms. The minimum Gasteiger partial charge on any atom is -0.375 e. The second kappa shape index (κ2) is 10.1. The van der Waals surface area contributed by atoms with Gasteiger partial charge in [-0.05, 0) is 42.6 Å². The molecule has 0 saturated carbocycles. The van der Waals surface area contributed by atoms with Gasteiger partial charge in [-0.25, -0.2) is 0 Å². The fraction of sp³-hybridized carbons (Fsp3) is 0.400. The predicted molar refractivity (Wildman–Crippen MR) is 128 cm³/mol. The molecule has 1 heterocycles. The number of amides is 3. The third-order valence-electron chi connectivity index (χ3n) is 5.76. The number of aryl methyl sites for hydroxylation is 1. The third kappa shape index (κ3) is 5.77. The van der Waals surface area contributed by atoms with Gasteiger partial charge in [-0.15, -0.1) is 0 Å². The zero-order valence-electron chi connectivity index (χ0n) is 19.6. The van der Waals surface area contributed by atoms with Crippen molar-refractivity contribution in [3.63, 3.8) is 0 Å². The van der Waals surface area contributed by atoms with E-state index < -0.39 is 6.04 Å². The highest BCUT2D eigenvalue weighted by molar-refractivity contribution is 6.07. The number of hydrogen-bond acceptors (Lipinski definition) is 5. The van der Waals surface area contributed by atoms with Crippen molar-refractivity contribution >= 4 is 29.1 Å². The Labute approximate surface area is 194 Å². The molecule has 1 unspecified atom stereocenters. The zero-order chi connectivity index (χ0) is 24.2. The van der Waals surface area contributed by atoms with Crippen LogP contribution >= 0.6 is 0 Å². The van der Waals surface area contributed by atoms with Crippen LogP contribution in [-0.2, 0) is 14.3 Å². The molecule has 1 atom stereocenters. The molecule has 1 aliphatic heterocycles. The van der Waals surface area contributed by atoms with Crippen LogP contribution in [0.25, 0.3) is 0 Å². The lowest BCUT2D eigenvalue weighted by atomic mass is 9.94. The molecule has 4 N–H and O–H groups in total. The standard InChI is InChI=1S/C25H32N4O4/c1-16-5-7-17(8-6-16)21-12-22(30)28-19-11-18(24(32)27-15-25(2,3)14-26)9-10-20(19)29(21)23(31)13-33-4/h5-11,21H,12-15,26H2,1-4H3,(H,27,32)(H,28,30). The summed E-state index contributed by atoms with van der Waals surface area (Å²) >= 11 is 0. The Kier molecular flexibility index (Phi) is 7.50. The second-order valence-electron chi connectivity index (χ2n) is 9.16. The van der Waals surface area contributed by atoms with E-state index in [1.54, 1.807) is 23.1 Å². The minimum absolute atomic E-state index is 0.0828. The number of fused-ring (bicyclic) bond motifs is 1. The predicted octanol–water partition coefficient (Wildman–Crippen LogP) is 2.77. The smallest absolute Gasteiger partial charge is 0.253 e. The van der Waals surface area contributed by atoms with E-state index in [2.05, 4.69) is 10.6 Å². The molecule has 1 aliphatic rings. The van der Waals surface area contributed by atoms with Gasteiger partial charge >= 0.3 is 0 Å². The van der Waals surface area contributed by atoms with Crippen LogP contribution in [-0.4, -0.2) is 44.5 Å². The minimum atomic E-state index is -0.500. The van der Waals surface area contributed by atoms with Gasteiger partial charge in [-0.2, -0.15) is 0 Å². The highest BCUT2D eigenvalue weighted by Gasteiger charge is 2.34. The summed E-state index contributed by atoms with van der Waals surface area (Å²) in [6, 6.07) is 12.2. The Morgan fingerprint density at radius 1 is 1.21 bits per heavy atom. The Bertz CT molecular complexity index is 1030. The first-order chi connectivity index (χ1) is 15.6. The van der Waals surface area contributed by atoms with Gasteiger partial charge in [0.2, 0.25) is 5.91 Å². The van der Waals surface area contributed by atoms with E-state index in [1.807, 2.05) is 45.0 Å². The van der Waals surface area contributed by atoms with E-state index in [0.717, 1.165) is 11.1 Å². The van der Waals surface area contributed by atoms with Gasteiger partial charge in [0.05, 0.1) is 23.8 Å². The first kappa shape index (κ1) is 24.4. The molecule has 0 fully saturated rings. The first-order valence-electron chi connectivity index (χ1n) is 10.9. The highest BCUT2D eigenvalue weighted by atomic mass is 16.5. The van der Waals surface area contributed by atoms with Crippen LogP contribution in [0.4, 0.5) is 11.4 Å². The maximum atomic E-state index is 13.1. The summed E-state index contributed by atoms with van der Waals surface area (Å²) in [5.41, 5.74) is 8.75. The molecule has 0 saturated heterocycles. The van der Waals surface area contributed by atoms with Crippen molar-refractivity contribution in [2.24, 2.45) is 11.1 Å². The molecule has 33 heavy (non-hydrogen) atoms. The summed E-state index contributed by atoms with van der Waals surface area (Å²) in [7, 11) is 1.46. The zero-order valence-corrected chi connectivity index (χ0v) is 19.6. The van der Waals surface area contributed by atoms with Crippen LogP contribution in [0.3, 0.4) is 0 Å². The molecule has 3 rings (SSSR count). The molecular weight excluding hydrogens is 420 g/mol. The first-order valence-corrected chi connectivity index (χ1v) is 10.9. The average molecular weight is 453 g/mol. The Balaban J connectivity index is 1.99. The SMILES string of the molecule is COCC(=O)N1c2ccc(C(=O)NCC(C)(C)CN)cc2NC(=O)CC1c1ccc(C)cc1. The molecule has 0 aliphatic carbocycles. The number of anilines is 2. The number of carbonyl (C=O) groups excluding carboxylic acids is 3. The quantitative estimate of drug-likeness (QED) is 0.598. The topological polar surface area (TPSA) is 114 Å². The molecule has 0 radical (unpaired) electrons. The normalized spacial score (nSPS) is 16.0. The maximum absolute atomic E-state index is 13.1. The van der Waals surface area contributed by atoms with Gasteiger partial charge in [0.1, 0.15) is 6.61 Å². The Morgan fingerprint density at radius 2 is 1.91 bits per heavy atom. The number of benzene rings is 2. The molecule has 0 aromatic heterocycles. The lowest BCUT2D eigenvalue weighted by molar-refractivity contribution is -0.122. The lowest BCUT2D eigenvalue weighted by Gasteiger charge is -2.31. The molecule has 8 nitrogen and oxygen atoms in total. The molecule has 3 amide bonds. The van der Waals surface area contributed by atoms with Crippen LogP contribution in [0.2, 0.25) is 0 Å². The molecule has 0 spiro atoms. The van der Waals surface area contributed by atoms with Gasteiger partial charge in [-0.3, -0.25) is 14.4 Å². The monoisotopic (exact) mass is 452 g/mol. The van der Waals surface area contributed by atoms with Crippen LogP contribution in [0.1, 0.15) is 47.8 Å². The summed E-state index contributed by atoms with van der Waals surface area (Å²) in [6.45, 7) is 6.63. The molecule has 2 aromatic rings. The van der Waals surface area contributed by atoms with Crippen molar-refractivity contribution in [2.75, 3.05) is 37.0 Å². The van der Waals surface area contributed by atoms with Gasteiger partial charge in [0.15, 0.2) is 0 Å². The van der Waals surface area contributed by atoms with Crippen LogP contribution in [0.15, 0.2) is 42.5 Å². The number of hydrogen-bond donors (Lipinski definition) is 3. The number of rotatable bonds is 7. The summed E-state index contributed by atoms with van der Waals surface area (Å²) < 4.78 is 5.11. The lowest BCUT2D eigenvalue weighted by Crippen LogP contribution is -2.38. The molecule has 2 aromatic carbocycles. The Morgan fingerprint density at radius 3 is 2.55 bits per heavy atom. The number of nitrogens with two attached hydrogens (primary N) is 1. The number of nitrogens with zero attached hydrogens (tertiary/aromatic N) is 1. The molecular formula is C25H32N4O4. The van der Waals surface area contributed by atoms with Crippen molar-refractivity contribution < 1.29 is 19.1 Å². The number of methoxy groups -OCH3 is 1. The number of ether oxygens (including phenoxy) is 1. The van der Waals surface area contributed by atoms with Crippen LogP contribution in [0.5, 0.6) is 0 Å². The van der Waals surface area contributed by atoms with Crippen molar-refractivity contribution in [3.05, 3.63) is 59.2 Å². The van der Waals surface area contributed by atoms with Crippen LogP contribution < -0.4 is 21.3 Å². The van der Waals surface area contributed by atoms with E-state index in [-0.39, 0.29) is 36.2 Å². The summed E-state index contributed by atoms with van der Waals surface area (Å²) in [6.07, 6.45) is 0.0828. The summed E-state index contributed by atoms with van der Waals surface area (Å²) in [4.78, 5) is 40.2. The maximum Gasteiger partial charge on any atom is 0.253 e. The fourth-order valence-corrected chi connectivity index (χ4v) is 3.67. The molecule has 0 bridgehead atoms. The highest BCUT2D eigenvalue weighted by Crippen LogP contribution is 2.38. The summed E-state index contributed by atoms with van der Waals surface area (Å²) in [5, 5.41) is 5.75. The van der Waals surface area contributed by atoms with Gasteiger partial charge in [0.25, 0.3) is 11.8 Å². The fourth-order valence-electron chi connectivity index (χ4n) is 3.67. The average Bonchev–Trinajstić information content (AvgIpc) is 2.93. The van der Waals surface area contributed by atoms with Crippen LogP contribution in [0, 0.1) is 12.3 Å². The van der Waals surface area contributed by atoms with Crippen molar-refractivity contribution in [2.45, 2.75) is 33.2 Å². The largest absolute Gasteiger partial charge is 0.375 e. The molecule has 176 valence electrons.